The molecule has 1 atom stereocenters. The van der Waals surface area contributed by atoms with Crippen LogP contribution in [0.4, 0.5) is 0 Å². The van der Waals surface area contributed by atoms with E-state index in [0.29, 0.717) is 17.9 Å². The first-order valence-corrected chi connectivity index (χ1v) is 13.2. The van der Waals surface area contributed by atoms with Gasteiger partial charge < -0.3 is 19.7 Å². The average molecular weight is 507 g/mol. The minimum Gasteiger partial charge on any atom is -0.507 e. The van der Waals surface area contributed by atoms with E-state index in [4.69, 9.17) is 4.74 Å². The normalized spacial score (nSPS) is 19.5. The molecule has 1 amide bonds. The zero-order valence-corrected chi connectivity index (χ0v) is 21.3. The largest absolute Gasteiger partial charge is 0.507 e. The number of amides is 1. The van der Waals surface area contributed by atoms with Crippen LogP contribution in [-0.4, -0.2) is 32.7 Å². The smallest absolute Gasteiger partial charge is 0.295 e. The number of likely N-dealkylation sites (tertiary alicyclic amines) is 1. The molecular formula is C32H30N2O4. The Morgan fingerprint density at radius 3 is 2.50 bits per heavy atom. The third kappa shape index (κ3) is 4.16. The van der Waals surface area contributed by atoms with Crippen molar-refractivity contribution >= 4 is 28.4 Å². The number of carbonyl (C=O) groups is 2. The number of H-pyrrole nitrogens is 1. The molecule has 1 aromatic heterocycles. The third-order valence-corrected chi connectivity index (χ3v) is 7.80. The highest BCUT2D eigenvalue weighted by Gasteiger charge is 2.49. The molecule has 3 aromatic carbocycles. The summed E-state index contributed by atoms with van der Waals surface area (Å²) in [5.74, 6) is -0.623. The van der Waals surface area contributed by atoms with Gasteiger partial charge in [-0.2, -0.15) is 0 Å². The molecular weight excluding hydrogens is 476 g/mol. The Morgan fingerprint density at radius 2 is 1.74 bits per heavy atom. The van der Waals surface area contributed by atoms with Gasteiger partial charge in [-0.15, -0.1) is 0 Å². The number of fused-ring (bicyclic) bond motifs is 1. The number of aliphatic hydroxyl groups is 1. The van der Waals surface area contributed by atoms with Gasteiger partial charge >= 0.3 is 0 Å². The summed E-state index contributed by atoms with van der Waals surface area (Å²) in [6.45, 7) is 2.34. The first-order chi connectivity index (χ1) is 18.5. The van der Waals surface area contributed by atoms with Gasteiger partial charge in [0.1, 0.15) is 18.1 Å². The number of nitrogens with zero attached hydrogens (tertiary/aromatic N) is 1. The Bertz CT molecular complexity index is 1550. The van der Waals surface area contributed by atoms with E-state index in [2.05, 4.69) is 4.98 Å². The molecule has 2 fully saturated rings. The van der Waals surface area contributed by atoms with Crippen LogP contribution < -0.4 is 4.74 Å². The van der Waals surface area contributed by atoms with Crippen LogP contribution in [0.5, 0.6) is 5.75 Å². The minimum absolute atomic E-state index is 0.0223. The van der Waals surface area contributed by atoms with E-state index in [-0.39, 0.29) is 17.4 Å². The van der Waals surface area contributed by atoms with Gasteiger partial charge in [-0.3, -0.25) is 9.59 Å². The summed E-state index contributed by atoms with van der Waals surface area (Å²) < 4.78 is 6.00. The number of para-hydroxylation sites is 1. The monoisotopic (exact) mass is 506 g/mol. The summed E-state index contributed by atoms with van der Waals surface area (Å²) in [6.07, 6.45) is 5.63. The molecule has 6 nitrogen and oxygen atoms in total. The van der Waals surface area contributed by atoms with Gasteiger partial charge in [0.25, 0.3) is 11.7 Å². The fraction of sp³-hybridized carbons (Fsp3) is 0.250. The van der Waals surface area contributed by atoms with Crippen molar-refractivity contribution in [3.63, 3.8) is 0 Å². The number of ether oxygens (including phenoxy) is 1. The molecule has 0 spiro atoms. The molecule has 2 heterocycles. The molecule has 6 rings (SSSR count). The molecule has 1 aliphatic heterocycles. The number of aromatic nitrogens is 1. The van der Waals surface area contributed by atoms with Crippen LogP contribution in [0.2, 0.25) is 0 Å². The zero-order valence-electron chi connectivity index (χ0n) is 21.3. The molecule has 2 aliphatic rings. The van der Waals surface area contributed by atoms with Crippen LogP contribution in [0.15, 0.2) is 84.6 Å². The molecule has 192 valence electrons. The van der Waals surface area contributed by atoms with Gasteiger partial charge in [0.2, 0.25) is 0 Å². The molecule has 1 unspecified atom stereocenters. The van der Waals surface area contributed by atoms with Crippen molar-refractivity contribution in [2.75, 3.05) is 0 Å². The third-order valence-electron chi connectivity index (χ3n) is 7.80. The van der Waals surface area contributed by atoms with E-state index >= 15 is 0 Å². The molecule has 0 bridgehead atoms. The van der Waals surface area contributed by atoms with Crippen LogP contribution in [0.1, 0.15) is 54.0 Å². The number of aromatic amines is 1. The van der Waals surface area contributed by atoms with E-state index in [0.717, 1.165) is 53.3 Å². The second-order valence-corrected chi connectivity index (χ2v) is 10.2. The van der Waals surface area contributed by atoms with Gasteiger partial charge in [0.05, 0.1) is 11.6 Å². The standard InChI is InChI=1S/C32H30N2O4/c1-20-17-22(15-16-27(20)38-19-21-9-3-2-4-10-21)30(35)28-29(25-18-33-26-14-8-7-13-24(25)26)34(32(37)31(28)36)23-11-5-6-12-23/h2-4,7-10,13-18,23,29,33,35H,5-6,11-12,19H2,1H3/b30-28+. The Balaban J connectivity index is 1.41. The Kier molecular flexibility index (Phi) is 6.24. The molecule has 0 radical (unpaired) electrons. The number of ketones is 1. The highest BCUT2D eigenvalue weighted by atomic mass is 16.5. The number of Topliss-reactive ketones (excluding diaryl/α,β-unsaturated/α-hetero) is 1. The molecule has 1 saturated heterocycles. The predicted molar refractivity (Wildman–Crippen MR) is 147 cm³/mol. The second kappa shape index (κ2) is 9.86. The molecule has 2 N–H and O–H groups in total. The lowest BCUT2D eigenvalue weighted by molar-refractivity contribution is -0.141. The first kappa shape index (κ1) is 24.0. The second-order valence-electron chi connectivity index (χ2n) is 10.2. The lowest BCUT2D eigenvalue weighted by Crippen LogP contribution is -2.37. The zero-order chi connectivity index (χ0) is 26.2. The van der Waals surface area contributed by atoms with Crippen LogP contribution >= 0.6 is 0 Å². The van der Waals surface area contributed by atoms with Crippen LogP contribution in [0, 0.1) is 6.92 Å². The van der Waals surface area contributed by atoms with Gasteiger partial charge in [-0.1, -0.05) is 61.4 Å². The summed E-state index contributed by atoms with van der Waals surface area (Å²) in [6, 6.07) is 22.4. The summed E-state index contributed by atoms with van der Waals surface area (Å²) in [4.78, 5) is 31.9. The molecule has 1 aliphatic carbocycles. The summed E-state index contributed by atoms with van der Waals surface area (Å²) >= 11 is 0. The van der Waals surface area contributed by atoms with Crippen molar-refractivity contribution in [1.82, 2.24) is 9.88 Å². The van der Waals surface area contributed by atoms with E-state index in [1.807, 2.05) is 73.8 Å². The predicted octanol–water partition coefficient (Wildman–Crippen LogP) is 6.42. The van der Waals surface area contributed by atoms with Crippen molar-refractivity contribution in [2.24, 2.45) is 0 Å². The fourth-order valence-electron chi connectivity index (χ4n) is 5.88. The Hall–Kier alpha value is -4.32. The van der Waals surface area contributed by atoms with Crippen molar-refractivity contribution in [3.05, 3.63) is 107 Å². The van der Waals surface area contributed by atoms with Gasteiger partial charge in [0, 0.05) is 34.3 Å². The molecule has 1 saturated carbocycles. The van der Waals surface area contributed by atoms with E-state index in [1.54, 1.807) is 17.0 Å². The maximum atomic E-state index is 13.5. The SMILES string of the molecule is Cc1cc(/C(O)=C2\C(=O)C(=O)N(C3CCCC3)C2c2c[nH]c3ccccc23)ccc1OCc1ccccc1. The highest BCUT2D eigenvalue weighted by Crippen LogP contribution is 2.45. The number of nitrogens with one attached hydrogen (secondary N) is 1. The minimum atomic E-state index is -0.649. The van der Waals surface area contributed by atoms with Gasteiger partial charge in [-0.25, -0.2) is 0 Å². The van der Waals surface area contributed by atoms with E-state index in [9.17, 15) is 14.7 Å². The van der Waals surface area contributed by atoms with Crippen LogP contribution in [0.25, 0.3) is 16.7 Å². The number of rotatable bonds is 6. The maximum Gasteiger partial charge on any atom is 0.295 e. The number of aliphatic hydroxyl groups excluding tert-OH is 1. The van der Waals surface area contributed by atoms with Crippen molar-refractivity contribution in [3.8, 4) is 5.75 Å². The quantitative estimate of drug-likeness (QED) is 0.180. The van der Waals surface area contributed by atoms with E-state index in [1.165, 1.54) is 0 Å². The fourth-order valence-corrected chi connectivity index (χ4v) is 5.88. The van der Waals surface area contributed by atoms with Crippen LogP contribution in [0.3, 0.4) is 0 Å². The highest BCUT2D eigenvalue weighted by molar-refractivity contribution is 6.46. The number of hydrogen-bond donors (Lipinski definition) is 2. The van der Waals surface area contributed by atoms with E-state index < -0.39 is 17.7 Å². The average Bonchev–Trinajstić information content (AvgIpc) is 3.67. The molecule has 6 heteroatoms. The van der Waals surface area contributed by atoms with Gasteiger partial charge in [0.15, 0.2) is 0 Å². The summed E-state index contributed by atoms with van der Waals surface area (Å²) in [7, 11) is 0. The topological polar surface area (TPSA) is 82.6 Å². The summed E-state index contributed by atoms with van der Waals surface area (Å²) in [5, 5.41) is 12.5. The molecule has 38 heavy (non-hydrogen) atoms. The Morgan fingerprint density at radius 1 is 1.00 bits per heavy atom. The number of aryl methyl sites for hydroxylation is 1. The Labute approximate surface area is 221 Å². The van der Waals surface area contributed by atoms with Crippen LogP contribution in [-0.2, 0) is 16.2 Å². The number of hydrogen-bond acceptors (Lipinski definition) is 4. The summed E-state index contributed by atoms with van der Waals surface area (Å²) in [5.41, 5.74) is 4.28. The van der Waals surface area contributed by atoms with Crippen molar-refractivity contribution in [2.45, 2.75) is 51.3 Å². The lowest BCUT2D eigenvalue weighted by atomic mass is 9.94. The van der Waals surface area contributed by atoms with Crippen molar-refractivity contribution < 1.29 is 19.4 Å². The lowest BCUT2D eigenvalue weighted by Gasteiger charge is -2.30. The number of benzene rings is 3. The first-order valence-electron chi connectivity index (χ1n) is 13.2. The molecule has 4 aromatic rings. The van der Waals surface area contributed by atoms with Crippen molar-refractivity contribution in [1.29, 1.82) is 0 Å². The maximum absolute atomic E-state index is 13.5. The number of carbonyl (C=O) groups excluding carboxylic acids is 2. The van der Waals surface area contributed by atoms with Gasteiger partial charge in [-0.05, 0) is 55.2 Å².